The van der Waals surface area contributed by atoms with E-state index in [1.807, 2.05) is 0 Å². The molecule has 0 radical (unpaired) electrons. The van der Waals surface area contributed by atoms with Crippen molar-refractivity contribution in [3.63, 3.8) is 0 Å². The maximum Gasteiger partial charge on any atom is 0.470 e. The minimum atomic E-state index is -4.95. The van der Waals surface area contributed by atoms with Gasteiger partial charge in [0.25, 0.3) is 0 Å². The molecule has 5 N–H and O–H groups in total. The highest BCUT2D eigenvalue weighted by molar-refractivity contribution is 7.46. The Balaban J connectivity index is 1.45. The molecule has 2 aromatic heterocycles. The summed E-state index contributed by atoms with van der Waals surface area (Å²) in [5.41, 5.74) is 0.486. The molecule has 220 valence electrons. The van der Waals surface area contributed by atoms with Crippen molar-refractivity contribution >= 4 is 30.7 Å². The van der Waals surface area contributed by atoms with E-state index in [9.17, 15) is 19.6 Å². The molecular weight excluding hydrogens is 529 g/mol. The molecule has 3 heterocycles. The Hall–Kier alpha value is -1.99. The zero-order valence-corrected chi connectivity index (χ0v) is 23.4. The van der Waals surface area contributed by atoms with Crippen LogP contribution < -0.4 is 5.32 Å². The van der Waals surface area contributed by atoms with Gasteiger partial charge in [0.05, 0.1) is 12.9 Å². The fourth-order valence-electron chi connectivity index (χ4n) is 4.84. The molecule has 0 bridgehead atoms. The third kappa shape index (κ3) is 9.56. The van der Waals surface area contributed by atoms with Crippen LogP contribution >= 0.6 is 7.82 Å². The lowest BCUT2D eigenvalue weighted by Gasteiger charge is -2.20. The standard InChI is InChI=1S/C25H42N5O8P/c1-2-3-4-5-6-7-8-9-10-11-12-13-14-19(32)29-23-20-24(27-16-26-23)30(17-28-20)25-21(33)22(18(15-31)37-25)38-39(34,35)36/h16-18,21-22,25,31,33H,2-15H2,1H3,(H2,34,35,36)(H,26,27,29,32)/t18-,21-,22-,25-/m1/s1. The Kier molecular flexibility index (Phi) is 12.7. The van der Waals surface area contributed by atoms with Crippen LogP contribution in [0.25, 0.3) is 11.2 Å². The predicted molar refractivity (Wildman–Crippen MR) is 144 cm³/mol. The Morgan fingerprint density at radius 3 is 2.23 bits per heavy atom. The summed E-state index contributed by atoms with van der Waals surface area (Å²) in [6, 6.07) is 0. The van der Waals surface area contributed by atoms with Gasteiger partial charge in [-0.15, -0.1) is 0 Å². The smallest absolute Gasteiger partial charge is 0.394 e. The Bertz CT molecular complexity index is 1080. The number of aliphatic hydroxyl groups is 2. The van der Waals surface area contributed by atoms with E-state index in [1.165, 1.54) is 75.0 Å². The Morgan fingerprint density at radius 1 is 1.03 bits per heavy atom. The van der Waals surface area contributed by atoms with Crippen LogP contribution in [0, 0.1) is 0 Å². The number of rotatable bonds is 18. The molecule has 1 aliphatic heterocycles. The van der Waals surface area contributed by atoms with Crippen LogP contribution in [0.2, 0.25) is 0 Å². The van der Waals surface area contributed by atoms with Crippen molar-refractivity contribution < 1.29 is 38.6 Å². The quantitative estimate of drug-likeness (QED) is 0.130. The molecule has 1 amide bonds. The second kappa shape index (κ2) is 15.7. The number of hydrogen-bond acceptors (Lipinski definition) is 9. The highest BCUT2D eigenvalue weighted by atomic mass is 31.2. The van der Waals surface area contributed by atoms with Crippen LogP contribution in [0.5, 0.6) is 0 Å². The van der Waals surface area contributed by atoms with Crippen LogP contribution in [0.15, 0.2) is 12.7 Å². The molecule has 0 saturated carbocycles. The van der Waals surface area contributed by atoms with Gasteiger partial charge in [-0.05, 0) is 6.42 Å². The van der Waals surface area contributed by atoms with E-state index in [0.717, 1.165) is 19.3 Å². The summed E-state index contributed by atoms with van der Waals surface area (Å²) >= 11 is 0. The van der Waals surface area contributed by atoms with Gasteiger partial charge in [-0.25, -0.2) is 19.5 Å². The highest BCUT2D eigenvalue weighted by Crippen LogP contribution is 2.44. The van der Waals surface area contributed by atoms with Crippen molar-refractivity contribution in [3.05, 3.63) is 12.7 Å². The number of anilines is 1. The van der Waals surface area contributed by atoms with Gasteiger partial charge in [0.2, 0.25) is 5.91 Å². The number of nitrogens with zero attached hydrogens (tertiary/aromatic N) is 4. The SMILES string of the molecule is CCCCCCCCCCCCCCC(=O)Nc1ncnc2c1ncn2[C@@H]1O[C@H](CO)[C@@H](OP(=O)(O)O)[C@H]1O. The number of imidazole rings is 1. The van der Waals surface area contributed by atoms with Crippen LogP contribution in [-0.4, -0.2) is 70.3 Å². The largest absolute Gasteiger partial charge is 0.470 e. The lowest BCUT2D eigenvalue weighted by Crippen LogP contribution is -2.35. The van der Waals surface area contributed by atoms with Gasteiger partial charge in [0.1, 0.15) is 24.6 Å². The summed E-state index contributed by atoms with van der Waals surface area (Å²) < 4.78 is 22.9. The first kappa shape index (κ1) is 31.5. The summed E-state index contributed by atoms with van der Waals surface area (Å²) in [6.45, 7) is 1.59. The fourth-order valence-corrected chi connectivity index (χ4v) is 5.41. The minimum Gasteiger partial charge on any atom is -0.394 e. The first-order valence-corrected chi connectivity index (χ1v) is 15.4. The first-order valence-electron chi connectivity index (χ1n) is 13.9. The van der Waals surface area contributed by atoms with Crippen LogP contribution in [0.3, 0.4) is 0 Å². The molecule has 4 atom stereocenters. The van der Waals surface area contributed by atoms with Crippen molar-refractivity contribution in [1.29, 1.82) is 0 Å². The number of unbranched alkanes of at least 4 members (excludes halogenated alkanes) is 11. The molecule has 13 nitrogen and oxygen atoms in total. The summed E-state index contributed by atoms with van der Waals surface area (Å²) in [6.07, 6.45) is 12.0. The van der Waals surface area contributed by atoms with E-state index in [0.29, 0.717) is 6.42 Å². The predicted octanol–water partition coefficient (Wildman–Crippen LogP) is 3.58. The van der Waals surface area contributed by atoms with Crippen LogP contribution in [-0.2, 0) is 18.6 Å². The number of nitrogens with one attached hydrogen (secondary N) is 1. The number of phosphoric ester groups is 1. The molecule has 0 spiro atoms. The van der Waals surface area contributed by atoms with Gasteiger partial charge >= 0.3 is 7.82 Å². The van der Waals surface area contributed by atoms with E-state index in [-0.39, 0.29) is 22.9 Å². The number of carbonyl (C=O) groups is 1. The van der Waals surface area contributed by atoms with Gasteiger partial charge in [-0.2, -0.15) is 0 Å². The highest BCUT2D eigenvalue weighted by Gasteiger charge is 2.48. The third-order valence-corrected chi connectivity index (χ3v) is 7.41. The average Bonchev–Trinajstić information content (AvgIpc) is 3.45. The number of aromatic nitrogens is 4. The zero-order valence-electron chi connectivity index (χ0n) is 22.5. The number of phosphoric acid groups is 1. The number of hydrogen-bond donors (Lipinski definition) is 5. The van der Waals surface area contributed by atoms with Gasteiger partial charge in [0, 0.05) is 6.42 Å². The molecule has 14 heteroatoms. The zero-order chi connectivity index (χ0) is 28.3. The average molecular weight is 572 g/mol. The molecule has 0 aliphatic carbocycles. The van der Waals surface area contributed by atoms with Gasteiger partial charge < -0.3 is 30.1 Å². The summed E-state index contributed by atoms with van der Waals surface area (Å²) in [7, 11) is -4.95. The summed E-state index contributed by atoms with van der Waals surface area (Å²) in [5, 5.41) is 22.9. The summed E-state index contributed by atoms with van der Waals surface area (Å²) in [5.74, 6) is 0.0149. The second-order valence-electron chi connectivity index (χ2n) is 10.0. The van der Waals surface area contributed by atoms with Crippen LogP contribution in [0.4, 0.5) is 5.82 Å². The van der Waals surface area contributed by atoms with Crippen molar-refractivity contribution in [2.24, 2.45) is 0 Å². The van der Waals surface area contributed by atoms with Crippen molar-refractivity contribution in [1.82, 2.24) is 19.5 Å². The first-order chi connectivity index (χ1) is 18.7. The number of amides is 1. The van der Waals surface area contributed by atoms with E-state index < -0.39 is 39.0 Å². The second-order valence-corrected chi connectivity index (χ2v) is 11.2. The summed E-state index contributed by atoms with van der Waals surface area (Å²) in [4.78, 5) is 43.3. The van der Waals surface area contributed by atoms with Gasteiger partial charge in [0.15, 0.2) is 23.2 Å². The molecule has 1 fully saturated rings. The number of fused-ring (bicyclic) bond motifs is 1. The topological polar surface area (TPSA) is 189 Å². The monoisotopic (exact) mass is 571 g/mol. The van der Waals surface area contributed by atoms with Crippen molar-refractivity contribution in [2.75, 3.05) is 11.9 Å². The molecule has 3 rings (SSSR count). The van der Waals surface area contributed by atoms with Crippen molar-refractivity contribution in [2.45, 2.75) is 115 Å². The maximum absolute atomic E-state index is 12.5. The molecule has 0 aromatic carbocycles. The van der Waals surface area contributed by atoms with E-state index >= 15 is 0 Å². The number of ether oxygens (including phenoxy) is 1. The van der Waals surface area contributed by atoms with Crippen LogP contribution in [0.1, 0.15) is 96.6 Å². The molecule has 2 aromatic rings. The molecule has 1 saturated heterocycles. The van der Waals surface area contributed by atoms with Crippen molar-refractivity contribution in [3.8, 4) is 0 Å². The van der Waals surface area contributed by atoms with E-state index in [2.05, 4.69) is 31.7 Å². The van der Waals surface area contributed by atoms with E-state index in [4.69, 9.17) is 14.5 Å². The number of carbonyl (C=O) groups excluding carboxylic acids is 1. The van der Waals surface area contributed by atoms with Gasteiger partial charge in [-0.3, -0.25) is 13.9 Å². The normalized spacial score (nSPS) is 21.6. The Morgan fingerprint density at radius 2 is 1.64 bits per heavy atom. The van der Waals surface area contributed by atoms with Gasteiger partial charge in [-0.1, -0.05) is 77.6 Å². The number of aliphatic hydroxyl groups excluding tert-OH is 2. The lowest BCUT2D eigenvalue weighted by molar-refractivity contribution is -0.116. The Labute approximate surface area is 228 Å². The third-order valence-electron chi connectivity index (χ3n) is 6.90. The van der Waals surface area contributed by atoms with E-state index in [1.54, 1.807) is 0 Å². The molecule has 0 unspecified atom stereocenters. The molecule has 39 heavy (non-hydrogen) atoms. The fraction of sp³-hybridized carbons (Fsp3) is 0.760. The lowest BCUT2D eigenvalue weighted by atomic mass is 10.0. The minimum absolute atomic E-state index is 0.191. The molecular formula is C25H42N5O8P. The maximum atomic E-state index is 12.5. The molecule has 1 aliphatic rings.